The number of hydrogen-bond donors (Lipinski definition) is 1. The smallest absolute Gasteiger partial charge is 0.383 e. The Morgan fingerprint density at radius 1 is 1.21 bits per heavy atom. The van der Waals surface area contributed by atoms with Crippen molar-refractivity contribution < 1.29 is 17.9 Å². The Labute approximate surface area is 166 Å². The van der Waals surface area contributed by atoms with Crippen LogP contribution in [0.2, 0.25) is 0 Å². The molecule has 0 spiro atoms. The van der Waals surface area contributed by atoms with Gasteiger partial charge in [-0.2, -0.15) is 13.2 Å². The third-order valence-electron chi connectivity index (χ3n) is 6.43. The van der Waals surface area contributed by atoms with Crippen LogP contribution in [0.5, 0.6) is 0 Å². The molecule has 6 nitrogen and oxygen atoms in total. The fourth-order valence-corrected chi connectivity index (χ4v) is 4.73. The number of likely N-dealkylation sites (tertiary alicyclic amines) is 1. The number of nitrogens with zero attached hydrogens (tertiary/aromatic N) is 4. The van der Waals surface area contributed by atoms with E-state index in [1.165, 1.54) is 6.20 Å². The first kappa shape index (κ1) is 18.9. The van der Waals surface area contributed by atoms with Crippen LogP contribution < -0.4 is 5.73 Å². The van der Waals surface area contributed by atoms with Crippen molar-refractivity contribution in [2.75, 3.05) is 32.0 Å². The molecule has 5 rings (SSSR count). The Balaban J connectivity index is 1.43. The fraction of sp³-hybridized carbons (Fsp3) is 0.600. The van der Waals surface area contributed by atoms with Gasteiger partial charge in [-0.15, -0.1) is 0 Å². The Kier molecular flexibility index (Phi) is 4.19. The maximum absolute atomic E-state index is 13.2. The van der Waals surface area contributed by atoms with E-state index in [2.05, 4.69) is 33.3 Å². The number of halogens is 3. The highest BCUT2D eigenvalue weighted by molar-refractivity contribution is 5.62. The molecule has 2 aromatic heterocycles. The van der Waals surface area contributed by atoms with Crippen LogP contribution >= 0.6 is 0 Å². The first-order valence-electron chi connectivity index (χ1n) is 9.97. The standard InChI is InChI=1S/C20H24F3N5O/c1-10(2)19-26-16(11-3-15(20(21,22)23)18(24)25-4-11)7-28(19)17-13-5-27(6-14(13)17)12-8-29-9-12/h3-4,7,10,12-14,17H,5-6,8-9H2,1-2H3,(H2,24,25)/t13-,14+,17?. The maximum Gasteiger partial charge on any atom is 0.419 e. The molecule has 2 saturated heterocycles. The molecule has 1 saturated carbocycles. The topological polar surface area (TPSA) is 69.2 Å². The minimum atomic E-state index is -4.54. The molecule has 2 aliphatic heterocycles. The molecule has 29 heavy (non-hydrogen) atoms. The van der Waals surface area contributed by atoms with Crippen LogP contribution in [0, 0.1) is 11.8 Å². The molecule has 0 radical (unpaired) electrons. The van der Waals surface area contributed by atoms with Crippen molar-refractivity contribution in [3.05, 3.63) is 29.8 Å². The summed E-state index contributed by atoms with van der Waals surface area (Å²) in [6.07, 6.45) is -1.28. The van der Waals surface area contributed by atoms with Crippen molar-refractivity contribution in [2.24, 2.45) is 11.8 Å². The zero-order chi connectivity index (χ0) is 20.5. The molecule has 9 heteroatoms. The molecule has 2 aromatic rings. The summed E-state index contributed by atoms with van der Waals surface area (Å²) in [6.45, 7) is 7.86. The number of hydrogen-bond acceptors (Lipinski definition) is 5. The Hall–Kier alpha value is -2.13. The van der Waals surface area contributed by atoms with E-state index in [1.54, 1.807) is 0 Å². The summed E-state index contributed by atoms with van der Waals surface area (Å²) in [7, 11) is 0. The number of aromatic nitrogens is 3. The number of pyridine rings is 1. The van der Waals surface area contributed by atoms with Gasteiger partial charge in [0.2, 0.25) is 0 Å². The van der Waals surface area contributed by atoms with Gasteiger partial charge in [-0.3, -0.25) is 4.90 Å². The number of nitrogen functional groups attached to an aromatic ring is 1. The van der Waals surface area contributed by atoms with Gasteiger partial charge in [0, 0.05) is 43.0 Å². The van der Waals surface area contributed by atoms with Crippen molar-refractivity contribution >= 4 is 5.82 Å². The molecule has 1 aliphatic carbocycles. The molecule has 3 fully saturated rings. The van der Waals surface area contributed by atoms with Gasteiger partial charge in [-0.05, 0) is 17.9 Å². The third kappa shape index (κ3) is 3.11. The van der Waals surface area contributed by atoms with E-state index in [-0.39, 0.29) is 5.92 Å². The highest BCUT2D eigenvalue weighted by atomic mass is 19.4. The van der Waals surface area contributed by atoms with Crippen molar-refractivity contribution in [2.45, 2.75) is 38.0 Å². The van der Waals surface area contributed by atoms with Crippen molar-refractivity contribution in [1.29, 1.82) is 0 Å². The summed E-state index contributed by atoms with van der Waals surface area (Å²) in [6, 6.07) is 1.97. The van der Waals surface area contributed by atoms with Crippen molar-refractivity contribution in [3.8, 4) is 11.3 Å². The number of rotatable bonds is 4. The number of imidazole rings is 1. The number of nitrogens with two attached hydrogens (primary N) is 1. The van der Waals surface area contributed by atoms with Crippen LogP contribution in [0.4, 0.5) is 19.0 Å². The average molecular weight is 407 g/mol. The quantitative estimate of drug-likeness (QED) is 0.843. The van der Waals surface area contributed by atoms with E-state index in [9.17, 15) is 13.2 Å². The lowest BCUT2D eigenvalue weighted by Crippen LogP contribution is -2.49. The molecular formula is C20H24F3N5O. The van der Waals surface area contributed by atoms with Crippen molar-refractivity contribution in [3.63, 3.8) is 0 Å². The van der Waals surface area contributed by atoms with E-state index in [0.29, 0.717) is 35.2 Å². The number of fused-ring (bicyclic) bond motifs is 1. The fourth-order valence-electron chi connectivity index (χ4n) is 4.73. The third-order valence-corrected chi connectivity index (χ3v) is 6.43. The first-order chi connectivity index (χ1) is 13.7. The minimum absolute atomic E-state index is 0.171. The number of ether oxygens (including phenoxy) is 1. The summed E-state index contributed by atoms with van der Waals surface area (Å²) in [5, 5.41) is 0. The van der Waals surface area contributed by atoms with Gasteiger partial charge in [0.25, 0.3) is 0 Å². The Morgan fingerprint density at radius 3 is 2.45 bits per heavy atom. The van der Waals surface area contributed by atoms with Gasteiger partial charge in [0.1, 0.15) is 11.6 Å². The van der Waals surface area contributed by atoms with Crippen LogP contribution in [0.3, 0.4) is 0 Å². The van der Waals surface area contributed by atoms with Gasteiger partial charge >= 0.3 is 6.18 Å². The molecule has 1 unspecified atom stereocenters. The maximum atomic E-state index is 13.2. The van der Waals surface area contributed by atoms with Crippen LogP contribution in [0.25, 0.3) is 11.3 Å². The van der Waals surface area contributed by atoms with E-state index in [0.717, 1.165) is 38.2 Å². The molecule has 0 bridgehead atoms. The van der Waals surface area contributed by atoms with Crippen LogP contribution in [-0.4, -0.2) is 51.8 Å². The monoisotopic (exact) mass is 407 g/mol. The molecule has 156 valence electrons. The van der Waals surface area contributed by atoms with Gasteiger partial charge in [0.15, 0.2) is 0 Å². The lowest BCUT2D eigenvalue weighted by Gasteiger charge is -2.36. The molecule has 0 amide bonds. The summed E-state index contributed by atoms with van der Waals surface area (Å²) >= 11 is 0. The van der Waals surface area contributed by atoms with E-state index >= 15 is 0 Å². The largest absolute Gasteiger partial charge is 0.419 e. The predicted octanol–water partition coefficient (Wildman–Crippen LogP) is 3.17. The van der Waals surface area contributed by atoms with E-state index in [4.69, 9.17) is 10.5 Å². The normalized spacial score (nSPS) is 27.3. The molecule has 2 N–H and O–H groups in total. The van der Waals surface area contributed by atoms with Gasteiger partial charge < -0.3 is 15.0 Å². The first-order valence-corrected chi connectivity index (χ1v) is 9.97. The van der Waals surface area contributed by atoms with Crippen LogP contribution in [0.1, 0.15) is 37.2 Å². The molecule has 3 aliphatic rings. The zero-order valence-electron chi connectivity index (χ0n) is 16.4. The van der Waals surface area contributed by atoms with E-state index in [1.807, 2.05) is 6.20 Å². The Morgan fingerprint density at radius 2 is 1.90 bits per heavy atom. The predicted molar refractivity (Wildman–Crippen MR) is 101 cm³/mol. The van der Waals surface area contributed by atoms with Gasteiger partial charge in [-0.25, -0.2) is 9.97 Å². The highest BCUT2D eigenvalue weighted by Crippen LogP contribution is 2.57. The number of piperidine rings is 1. The Bertz CT molecular complexity index is 925. The van der Waals surface area contributed by atoms with Gasteiger partial charge in [-0.1, -0.05) is 13.8 Å². The van der Waals surface area contributed by atoms with Crippen LogP contribution in [0.15, 0.2) is 18.5 Å². The summed E-state index contributed by atoms with van der Waals surface area (Å²) in [5.74, 6) is 1.71. The summed E-state index contributed by atoms with van der Waals surface area (Å²) < 4.78 is 47.2. The highest BCUT2D eigenvalue weighted by Gasteiger charge is 2.58. The van der Waals surface area contributed by atoms with Gasteiger partial charge in [0.05, 0.1) is 30.5 Å². The second kappa shape index (κ2) is 6.43. The SMILES string of the molecule is CC(C)c1nc(-c2cnc(N)c(C(F)(F)F)c2)cn1C1[C@H]2CN(C3COC3)C[C@@H]12. The molecule has 4 heterocycles. The average Bonchev–Trinajstić information content (AvgIpc) is 2.96. The van der Waals surface area contributed by atoms with E-state index < -0.39 is 17.6 Å². The summed E-state index contributed by atoms with van der Waals surface area (Å²) in [5.41, 5.74) is 5.38. The van der Waals surface area contributed by atoms with Crippen LogP contribution in [-0.2, 0) is 10.9 Å². The second-order valence-corrected chi connectivity index (χ2v) is 8.66. The molecular weight excluding hydrogens is 383 g/mol. The number of alkyl halides is 3. The second-order valence-electron chi connectivity index (χ2n) is 8.66. The number of anilines is 1. The molecule has 3 atom stereocenters. The van der Waals surface area contributed by atoms with Crippen molar-refractivity contribution in [1.82, 2.24) is 19.4 Å². The lowest BCUT2D eigenvalue weighted by molar-refractivity contribution is -0.137. The minimum Gasteiger partial charge on any atom is -0.383 e. The lowest BCUT2D eigenvalue weighted by atomic mass is 10.1. The zero-order valence-corrected chi connectivity index (χ0v) is 16.4. The summed E-state index contributed by atoms with van der Waals surface area (Å²) in [4.78, 5) is 10.9. The molecule has 0 aromatic carbocycles.